The first-order valence-corrected chi connectivity index (χ1v) is 7.19. The highest BCUT2D eigenvalue weighted by atomic mass is 35.5. The summed E-state index contributed by atoms with van der Waals surface area (Å²) in [6.45, 7) is 1.76. The molecule has 0 bridgehead atoms. The highest BCUT2D eigenvalue weighted by molar-refractivity contribution is 8.00. The summed E-state index contributed by atoms with van der Waals surface area (Å²) < 4.78 is 6.51. The van der Waals surface area contributed by atoms with E-state index in [2.05, 4.69) is 10.2 Å². The largest absolute Gasteiger partial charge is 0.468 e. The quantitative estimate of drug-likeness (QED) is 0.642. The van der Waals surface area contributed by atoms with E-state index in [1.54, 1.807) is 13.0 Å². The van der Waals surface area contributed by atoms with Crippen LogP contribution < -0.4 is 0 Å². The molecule has 5 nitrogen and oxygen atoms in total. The molecule has 20 heavy (non-hydrogen) atoms. The Hall–Kier alpha value is -1.53. The number of aromatic nitrogens is 3. The van der Waals surface area contributed by atoms with Crippen LogP contribution >= 0.6 is 23.4 Å². The van der Waals surface area contributed by atoms with Crippen LogP contribution in [0, 0.1) is 0 Å². The Labute approximate surface area is 126 Å². The normalized spacial score (nSPS) is 12.2. The summed E-state index contributed by atoms with van der Waals surface area (Å²) in [6, 6.07) is 7.43. The van der Waals surface area contributed by atoms with Gasteiger partial charge in [-0.2, -0.15) is 0 Å². The van der Waals surface area contributed by atoms with E-state index in [4.69, 9.17) is 16.3 Å². The maximum atomic E-state index is 11.4. The van der Waals surface area contributed by atoms with Crippen molar-refractivity contribution in [3.8, 4) is 11.4 Å². The molecule has 0 aliphatic heterocycles. The lowest BCUT2D eigenvalue weighted by molar-refractivity contribution is -0.139. The number of carbonyl (C=O) groups is 1. The van der Waals surface area contributed by atoms with Crippen molar-refractivity contribution in [2.75, 3.05) is 7.11 Å². The maximum Gasteiger partial charge on any atom is 0.318 e. The summed E-state index contributed by atoms with van der Waals surface area (Å²) in [5, 5.41) is 9.14. The van der Waals surface area contributed by atoms with Gasteiger partial charge in [0.2, 0.25) is 0 Å². The summed E-state index contributed by atoms with van der Waals surface area (Å²) in [7, 11) is 3.20. The molecule has 0 radical (unpaired) electrons. The summed E-state index contributed by atoms with van der Waals surface area (Å²) >= 11 is 7.45. The van der Waals surface area contributed by atoms with Crippen molar-refractivity contribution in [1.29, 1.82) is 0 Å². The van der Waals surface area contributed by atoms with Gasteiger partial charge in [-0.15, -0.1) is 10.2 Å². The third-order valence-electron chi connectivity index (χ3n) is 2.76. The zero-order valence-corrected chi connectivity index (χ0v) is 12.9. The monoisotopic (exact) mass is 311 g/mol. The number of nitrogens with zero attached hydrogens (tertiary/aromatic N) is 3. The number of methoxy groups -OCH3 is 1. The van der Waals surface area contributed by atoms with Gasteiger partial charge in [-0.05, 0) is 19.1 Å². The van der Waals surface area contributed by atoms with Crippen LogP contribution in [0.25, 0.3) is 11.4 Å². The molecule has 0 saturated carbocycles. The first-order valence-electron chi connectivity index (χ1n) is 5.93. The van der Waals surface area contributed by atoms with Gasteiger partial charge in [0.1, 0.15) is 5.25 Å². The standard InChI is InChI=1S/C13H14ClN3O2S/c1-8(12(18)19-3)20-13-16-15-11(17(13)2)9-6-4-5-7-10(9)14/h4-8H,1-3H3/t8-/m1/s1. The molecule has 1 aromatic heterocycles. The molecule has 1 aromatic carbocycles. The lowest BCUT2D eigenvalue weighted by atomic mass is 10.2. The number of esters is 1. The van der Waals surface area contributed by atoms with Crippen molar-refractivity contribution < 1.29 is 9.53 Å². The van der Waals surface area contributed by atoms with E-state index < -0.39 is 0 Å². The van der Waals surface area contributed by atoms with Gasteiger partial charge in [-0.3, -0.25) is 4.79 Å². The second kappa shape index (κ2) is 6.28. The van der Waals surface area contributed by atoms with Gasteiger partial charge in [0.25, 0.3) is 0 Å². The van der Waals surface area contributed by atoms with Crippen molar-refractivity contribution in [3.05, 3.63) is 29.3 Å². The summed E-state index contributed by atoms with van der Waals surface area (Å²) in [5.74, 6) is 0.368. The highest BCUT2D eigenvalue weighted by Crippen LogP contribution is 2.29. The maximum absolute atomic E-state index is 11.4. The fourth-order valence-corrected chi connectivity index (χ4v) is 2.73. The topological polar surface area (TPSA) is 57.0 Å². The Balaban J connectivity index is 2.28. The number of rotatable bonds is 4. The van der Waals surface area contributed by atoms with Gasteiger partial charge in [0.15, 0.2) is 11.0 Å². The van der Waals surface area contributed by atoms with E-state index in [0.717, 1.165) is 5.56 Å². The van der Waals surface area contributed by atoms with E-state index >= 15 is 0 Å². The molecule has 0 fully saturated rings. The minimum Gasteiger partial charge on any atom is -0.468 e. The lowest BCUT2D eigenvalue weighted by Gasteiger charge is -2.08. The average Bonchev–Trinajstić information content (AvgIpc) is 2.80. The fraction of sp³-hybridized carbons (Fsp3) is 0.308. The third-order valence-corrected chi connectivity index (χ3v) is 4.21. The van der Waals surface area contributed by atoms with Gasteiger partial charge in [-0.25, -0.2) is 0 Å². The van der Waals surface area contributed by atoms with E-state index in [9.17, 15) is 4.79 Å². The van der Waals surface area contributed by atoms with Crippen LogP contribution in [-0.2, 0) is 16.6 Å². The lowest BCUT2D eigenvalue weighted by Crippen LogP contribution is -2.15. The predicted molar refractivity (Wildman–Crippen MR) is 78.8 cm³/mol. The van der Waals surface area contributed by atoms with Crippen LogP contribution in [0.15, 0.2) is 29.4 Å². The molecule has 0 saturated heterocycles. The number of ether oxygens (including phenoxy) is 1. The fourth-order valence-electron chi connectivity index (χ4n) is 1.67. The van der Waals surface area contributed by atoms with Gasteiger partial charge in [0, 0.05) is 12.6 Å². The van der Waals surface area contributed by atoms with Crippen molar-refractivity contribution >= 4 is 29.3 Å². The molecule has 1 heterocycles. The molecular weight excluding hydrogens is 298 g/mol. The van der Waals surface area contributed by atoms with E-state index in [1.165, 1.54) is 18.9 Å². The van der Waals surface area contributed by atoms with Crippen molar-refractivity contribution in [2.45, 2.75) is 17.3 Å². The Kier molecular flexibility index (Phi) is 4.67. The van der Waals surface area contributed by atoms with Gasteiger partial charge in [-0.1, -0.05) is 35.5 Å². The molecule has 0 unspecified atom stereocenters. The first-order chi connectivity index (χ1) is 9.54. The molecule has 106 valence electrons. The Morgan fingerprint density at radius 2 is 2.10 bits per heavy atom. The van der Waals surface area contributed by atoms with E-state index in [0.29, 0.717) is 16.0 Å². The molecule has 0 amide bonds. The Bertz CT molecular complexity index is 630. The zero-order chi connectivity index (χ0) is 14.7. The second-order valence-electron chi connectivity index (χ2n) is 4.13. The van der Waals surface area contributed by atoms with Gasteiger partial charge in [0.05, 0.1) is 12.1 Å². The Morgan fingerprint density at radius 3 is 2.75 bits per heavy atom. The van der Waals surface area contributed by atoms with Gasteiger partial charge >= 0.3 is 5.97 Å². The number of hydrogen-bond acceptors (Lipinski definition) is 5. The van der Waals surface area contributed by atoms with Crippen LogP contribution in [0.2, 0.25) is 5.02 Å². The SMILES string of the molecule is COC(=O)[C@@H](C)Sc1nnc(-c2ccccc2Cl)n1C. The summed E-state index contributed by atoms with van der Waals surface area (Å²) in [5.41, 5.74) is 0.807. The van der Waals surface area contributed by atoms with Crippen LogP contribution in [-0.4, -0.2) is 33.1 Å². The number of benzene rings is 1. The first kappa shape index (κ1) is 14.9. The molecule has 0 aliphatic rings. The third kappa shape index (κ3) is 2.96. The van der Waals surface area contributed by atoms with E-state index in [-0.39, 0.29) is 11.2 Å². The molecule has 1 atom stereocenters. The number of thioether (sulfide) groups is 1. The van der Waals surface area contributed by atoms with Crippen LogP contribution in [0.1, 0.15) is 6.92 Å². The van der Waals surface area contributed by atoms with E-state index in [1.807, 2.05) is 29.8 Å². The van der Waals surface area contributed by atoms with Crippen LogP contribution in [0.4, 0.5) is 0 Å². The van der Waals surface area contributed by atoms with Crippen molar-refractivity contribution in [3.63, 3.8) is 0 Å². The minimum atomic E-state index is -0.345. The highest BCUT2D eigenvalue weighted by Gasteiger charge is 2.20. The molecule has 2 aromatic rings. The smallest absolute Gasteiger partial charge is 0.318 e. The Morgan fingerprint density at radius 1 is 1.40 bits per heavy atom. The van der Waals surface area contributed by atoms with Gasteiger partial charge < -0.3 is 9.30 Å². The van der Waals surface area contributed by atoms with Crippen molar-refractivity contribution in [2.24, 2.45) is 7.05 Å². The second-order valence-corrected chi connectivity index (χ2v) is 5.84. The van der Waals surface area contributed by atoms with Crippen molar-refractivity contribution in [1.82, 2.24) is 14.8 Å². The van der Waals surface area contributed by atoms with Crippen LogP contribution in [0.5, 0.6) is 0 Å². The summed E-state index contributed by atoms with van der Waals surface area (Å²) in [4.78, 5) is 11.4. The molecule has 2 rings (SSSR count). The molecule has 0 aliphatic carbocycles. The number of carbonyl (C=O) groups excluding carboxylic acids is 1. The zero-order valence-electron chi connectivity index (χ0n) is 11.3. The average molecular weight is 312 g/mol. The predicted octanol–water partition coefficient (Wildman–Crippen LogP) is 2.79. The summed E-state index contributed by atoms with van der Waals surface area (Å²) in [6.07, 6.45) is 0. The molecule has 7 heteroatoms. The number of hydrogen-bond donors (Lipinski definition) is 0. The molecular formula is C13H14ClN3O2S. The molecule has 0 spiro atoms. The van der Waals surface area contributed by atoms with Crippen LogP contribution in [0.3, 0.4) is 0 Å². The minimum absolute atomic E-state index is 0.294. The molecule has 0 N–H and O–H groups in total. The number of halogens is 1.